The van der Waals surface area contributed by atoms with Crippen molar-refractivity contribution in [1.29, 1.82) is 0 Å². The van der Waals surface area contributed by atoms with E-state index in [-0.39, 0.29) is 11.7 Å². The second-order valence-electron chi connectivity index (χ2n) is 4.46. The number of rotatable bonds is 4. The van der Waals surface area contributed by atoms with Gasteiger partial charge < -0.3 is 10.2 Å². The Labute approximate surface area is 107 Å². The van der Waals surface area contributed by atoms with E-state index in [9.17, 15) is 9.59 Å². The Morgan fingerprint density at radius 3 is 2.94 bits per heavy atom. The summed E-state index contributed by atoms with van der Waals surface area (Å²) in [6.07, 6.45) is 1.42. The van der Waals surface area contributed by atoms with Crippen LogP contribution in [0.5, 0.6) is 0 Å². The topological polar surface area (TPSA) is 49.4 Å². The van der Waals surface area contributed by atoms with Gasteiger partial charge in [0, 0.05) is 30.8 Å². The third-order valence-electron chi connectivity index (χ3n) is 3.06. The molecule has 4 heteroatoms. The number of hydrogen-bond donors (Lipinski definition) is 1. The van der Waals surface area contributed by atoms with E-state index in [4.69, 9.17) is 0 Å². The Morgan fingerprint density at radius 1 is 1.39 bits per heavy atom. The number of carbonyl (C=O) groups is 2. The number of anilines is 1. The van der Waals surface area contributed by atoms with Gasteiger partial charge in [0.1, 0.15) is 0 Å². The number of ketones is 1. The summed E-state index contributed by atoms with van der Waals surface area (Å²) in [5.41, 5.74) is 1.60. The largest absolute Gasteiger partial charge is 0.361 e. The Morgan fingerprint density at radius 2 is 2.17 bits per heavy atom. The molecular formula is C14H18N2O2. The van der Waals surface area contributed by atoms with Crippen LogP contribution in [0.2, 0.25) is 0 Å². The number of Topliss-reactive ketones (excluding diaryl/α,β-unsaturated/α-hetero) is 1. The standard InChI is InChI=1S/C14H18N2O2/c1-2-8-15-14(18)10-16-9-7-13(17)11-5-3-4-6-12(11)16/h3-6H,2,7-10H2,1H3,(H,15,18). The van der Waals surface area contributed by atoms with Gasteiger partial charge in [0.2, 0.25) is 5.91 Å². The molecule has 0 aromatic heterocycles. The minimum absolute atomic E-state index is 0.0148. The van der Waals surface area contributed by atoms with Crippen LogP contribution in [0.3, 0.4) is 0 Å². The highest BCUT2D eigenvalue weighted by molar-refractivity contribution is 6.03. The van der Waals surface area contributed by atoms with Crippen molar-refractivity contribution in [2.45, 2.75) is 19.8 Å². The number of fused-ring (bicyclic) bond motifs is 1. The van der Waals surface area contributed by atoms with Crippen LogP contribution in [0, 0.1) is 0 Å². The second kappa shape index (κ2) is 5.67. The van der Waals surface area contributed by atoms with E-state index < -0.39 is 0 Å². The Balaban J connectivity index is 2.09. The smallest absolute Gasteiger partial charge is 0.239 e. The van der Waals surface area contributed by atoms with Gasteiger partial charge in [0.15, 0.2) is 5.78 Å². The summed E-state index contributed by atoms with van der Waals surface area (Å²) in [7, 11) is 0. The molecule has 1 aromatic rings. The Bertz CT molecular complexity index is 457. The highest BCUT2D eigenvalue weighted by Crippen LogP contribution is 2.26. The van der Waals surface area contributed by atoms with E-state index in [1.807, 2.05) is 36.1 Å². The first-order chi connectivity index (χ1) is 8.72. The number of amides is 1. The summed E-state index contributed by atoms with van der Waals surface area (Å²) >= 11 is 0. The van der Waals surface area contributed by atoms with Crippen LogP contribution >= 0.6 is 0 Å². The van der Waals surface area contributed by atoms with E-state index in [2.05, 4.69) is 5.32 Å². The molecule has 0 atom stereocenters. The fraction of sp³-hybridized carbons (Fsp3) is 0.429. The van der Waals surface area contributed by atoms with E-state index in [1.54, 1.807) is 0 Å². The predicted octanol–water partition coefficient (Wildman–Crippen LogP) is 1.61. The van der Waals surface area contributed by atoms with Crippen LogP contribution in [0.1, 0.15) is 30.1 Å². The fourth-order valence-electron chi connectivity index (χ4n) is 2.13. The molecule has 0 bridgehead atoms. The maximum absolute atomic E-state index is 11.8. The monoisotopic (exact) mass is 246 g/mol. The quantitative estimate of drug-likeness (QED) is 0.878. The SMILES string of the molecule is CCCNC(=O)CN1CCC(=O)c2ccccc21. The summed E-state index contributed by atoms with van der Waals surface area (Å²) in [6, 6.07) is 7.49. The maximum Gasteiger partial charge on any atom is 0.239 e. The zero-order valence-electron chi connectivity index (χ0n) is 10.6. The third kappa shape index (κ3) is 2.70. The van der Waals surface area contributed by atoms with Gasteiger partial charge in [-0.1, -0.05) is 19.1 Å². The van der Waals surface area contributed by atoms with Crippen molar-refractivity contribution in [2.24, 2.45) is 0 Å². The molecule has 0 fully saturated rings. The lowest BCUT2D eigenvalue weighted by Gasteiger charge is -2.29. The normalized spacial score (nSPS) is 14.3. The van der Waals surface area contributed by atoms with Crippen LogP contribution < -0.4 is 10.2 Å². The molecule has 0 saturated heterocycles. The van der Waals surface area contributed by atoms with E-state index in [1.165, 1.54) is 0 Å². The summed E-state index contributed by atoms with van der Waals surface area (Å²) in [4.78, 5) is 25.5. The summed E-state index contributed by atoms with van der Waals surface area (Å²) in [5.74, 6) is 0.178. The number of carbonyl (C=O) groups excluding carboxylic acids is 2. The lowest BCUT2D eigenvalue weighted by molar-refractivity contribution is -0.119. The molecule has 1 aliphatic heterocycles. The number of para-hydroxylation sites is 1. The van der Waals surface area contributed by atoms with Gasteiger partial charge in [0.25, 0.3) is 0 Å². The van der Waals surface area contributed by atoms with Crippen molar-refractivity contribution in [3.8, 4) is 0 Å². The molecule has 1 aliphatic rings. The van der Waals surface area contributed by atoms with Gasteiger partial charge in [-0.2, -0.15) is 0 Å². The average Bonchev–Trinajstić information content (AvgIpc) is 2.40. The molecule has 1 N–H and O–H groups in total. The fourth-order valence-corrected chi connectivity index (χ4v) is 2.13. The van der Waals surface area contributed by atoms with Crippen molar-refractivity contribution in [1.82, 2.24) is 5.32 Å². The predicted molar refractivity (Wildman–Crippen MR) is 70.9 cm³/mol. The molecule has 0 unspecified atom stereocenters. The van der Waals surface area contributed by atoms with E-state index in [0.29, 0.717) is 26.1 Å². The Hall–Kier alpha value is -1.84. The van der Waals surface area contributed by atoms with Gasteiger partial charge in [-0.05, 0) is 18.6 Å². The highest BCUT2D eigenvalue weighted by Gasteiger charge is 2.23. The summed E-state index contributed by atoms with van der Waals surface area (Å²) in [5, 5.41) is 2.86. The second-order valence-corrected chi connectivity index (χ2v) is 4.46. The van der Waals surface area contributed by atoms with Crippen molar-refractivity contribution in [2.75, 3.05) is 24.5 Å². The zero-order valence-corrected chi connectivity index (χ0v) is 10.6. The van der Waals surface area contributed by atoms with Crippen LogP contribution in [0.4, 0.5) is 5.69 Å². The van der Waals surface area contributed by atoms with Gasteiger partial charge in [0.05, 0.1) is 6.54 Å². The molecular weight excluding hydrogens is 228 g/mol. The molecule has 0 saturated carbocycles. The first-order valence-electron chi connectivity index (χ1n) is 6.36. The molecule has 1 amide bonds. The van der Waals surface area contributed by atoms with Gasteiger partial charge in [-0.3, -0.25) is 9.59 Å². The number of benzene rings is 1. The molecule has 96 valence electrons. The number of hydrogen-bond acceptors (Lipinski definition) is 3. The molecule has 2 rings (SSSR count). The molecule has 18 heavy (non-hydrogen) atoms. The van der Waals surface area contributed by atoms with Crippen molar-refractivity contribution >= 4 is 17.4 Å². The van der Waals surface area contributed by atoms with Crippen LogP contribution in [-0.4, -0.2) is 31.3 Å². The average molecular weight is 246 g/mol. The van der Waals surface area contributed by atoms with Crippen LogP contribution in [0.25, 0.3) is 0 Å². The molecule has 1 heterocycles. The molecule has 0 radical (unpaired) electrons. The molecule has 0 aliphatic carbocycles. The molecule has 1 aromatic carbocycles. The minimum atomic E-state index is 0.0148. The van der Waals surface area contributed by atoms with Gasteiger partial charge >= 0.3 is 0 Å². The molecule has 4 nitrogen and oxygen atoms in total. The van der Waals surface area contributed by atoms with Crippen molar-refractivity contribution in [3.63, 3.8) is 0 Å². The third-order valence-corrected chi connectivity index (χ3v) is 3.06. The van der Waals surface area contributed by atoms with Gasteiger partial charge in [-0.25, -0.2) is 0 Å². The van der Waals surface area contributed by atoms with Crippen molar-refractivity contribution in [3.05, 3.63) is 29.8 Å². The summed E-state index contributed by atoms with van der Waals surface area (Å²) < 4.78 is 0. The van der Waals surface area contributed by atoms with Crippen molar-refractivity contribution < 1.29 is 9.59 Å². The lowest BCUT2D eigenvalue weighted by atomic mass is 10.0. The summed E-state index contributed by atoms with van der Waals surface area (Å²) in [6.45, 7) is 3.67. The first-order valence-corrected chi connectivity index (χ1v) is 6.36. The van der Waals surface area contributed by atoms with E-state index >= 15 is 0 Å². The molecule has 0 spiro atoms. The highest BCUT2D eigenvalue weighted by atomic mass is 16.2. The first kappa shape index (κ1) is 12.6. The van der Waals surface area contributed by atoms with E-state index in [0.717, 1.165) is 17.7 Å². The zero-order chi connectivity index (χ0) is 13.0. The van der Waals surface area contributed by atoms with Crippen LogP contribution in [0.15, 0.2) is 24.3 Å². The Kier molecular flexibility index (Phi) is 3.97. The lowest BCUT2D eigenvalue weighted by Crippen LogP contribution is -2.41. The number of nitrogens with one attached hydrogen (secondary N) is 1. The number of nitrogens with zero attached hydrogens (tertiary/aromatic N) is 1. The van der Waals surface area contributed by atoms with Gasteiger partial charge in [-0.15, -0.1) is 0 Å². The minimum Gasteiger partial charge on any atom is -0.361 e. The maximum atomic E-state index is 11.8. The van der Waals surface area contributed by atoms with Crippen LogP contribution in [-0.2, 0) is 4.79 Å².